The van der Waals surface area contributed by atoms with Gasteiger partial charge in [0.05, 0.1) is 0 Å². The van der Waals surface area contributed by atoms with Gasteiger partial charge >= 0.3 is 17.9 Å². The number of carbonyl (C=O) groups is 3. The molecule has 1 atom stereocenters. The zero-order chi connectivity index (χ0) is 57.1. The summed E-state index contributed by atoms with van der Waals surface area (Å²) in [5.74, 6) is -1.07. The maximum absolute atomic E-state index is 12.9. The highest BCUT2D eigenvalue weighted by Gasteiger charge is 2.19. The van der Waals surface area contributed by atoms with E-state index in [1.165, 1.54) is 83.5 Å². The van der Waals surface area contributed by atoms with Crippen LogP contribution in [0, 0.1) is 0 Å². The Morgan fingerprint density at radius 1 is 0.266 bits per heavy atom. The first kappa shape index (κ1) is 73.8. The Kier molecular flexibility index (Phi) is 61.0. The van der Waals surface area contributed by atoms with Gasteiger partial charge in [0.15, 0.2) is 6.10 Å². The molecule has 1 unspecified atom stereocenters. The number of carbonyl (C=O) groups excluding carboxylic acids is 3. The van der Waals surface area contributed by atoms with Crippen LogP contribution in [0.2, 0.25) is 0 Å². The number of ether oxygens (including phenoxy) is 3. The van der Waals surface area contributed by atoms with Gasteiger partial charge < -0.3 is 14.2 Å². The monoisotopic (exact) mass is 1090 g/mol. The van der Waals surface area contributed by atoms with Gasteiger partial charge in [0.25, 0.3) is 0 Å². The molecular weight excluding hydrogens is 973 g/mol. The Hall–Kier alpha value is -5.23. The van der Waals surface area contributed by atoms with Crippen LogP contribution in [0.25, 0.3) is 0 Å². The predicted octanol–water partition coefficient (Wildman–Crippen LogP) is 21.9. The average molecular weight is 1090 g/mol. The fourth-order valence-corrected chi connectivity index (χ4v) is 8.03. The summed E-state index contributed by atoms with van der Waals surface area (Å²) in [6, 6.07) is 0. The van der Waals surface area contributed by atoms with Crippen molar-refractivity contribution in [2.24, 2.45) is 0 Å². The summed E-state index contributed by atoms with van der Waals surface area (Å²) in [5.41, 5.74) is 0. The summed E-state index contributed by atoms with van der Waals surface area (Å²) in [6.07, 6.45) is 96.6. The molecule has 0 aliphatic rings. The molecule has 0 aliphatic carbocycles. The molecule has 0 saturated heterocycles. The quantitative estimate of drug-likeness (QED) is 0.0261. The van der Waals surface area contributed by atoms with Crippen molar-refractivity contribution < 1.29 is 28.6 Å². The molecule has 0 radical (unpaired) electrons. The van der Waals surface area contributed by atoms with E-state index >= 15 is 0 Å². The fourth-order valence-electron chi connectivity index (χ4n) is 8.03. The summed E-state index contributed by atoms with van der Waals surface area (Å²) in [7, 11) is 0. The van der Waals surface area contributed by atoms with Crippen LogP contribution in [-0.2, 0) is 28.6 Å². The molecule has 0 aromatic carbocycles. The maximum Gasteiger partial charge on any atom is 0.306 e. The molecule has 442 valence electrons. The van der Waals surface area contributed by atoms with E-state index < -0.39 is 6.10 Å². The lowest BCUT2D eigenvalue weighted by Crippen LogP contribution is -2.30. The second-order valence-electron chi connectivity index (χ2n) is 20.2. The Morgan fingerprint density at radius 3 is 0.873 bits per heavy atom. The molecule has 6 nitrogen and oxygen atoms in total. The first-order valence-corrected chi connectivity index (χ1v) is 31.6. The number of hydrogen-bond acceptors (Lipinski definition) is 6. The summed E-state index contributed by atoms with van der Waals surface area (Å²) >= 11 is 0. The standard InChI is InChI=1S/C73H114O6/c1-4-7-10-13-16-19-22-25-27-29-31-33-34-35-36-37-38-40-41-43-45-48-51-54-57-60-63-66-72(75)78-69-70(68-77-71(74)65-62-59-56-53-50-47-24-21-18-15-12-9-6-3)79-73(76)67-64-61-58-55-52-49-46-44-42-39-32-30-28-26-23-20-17-14-11-8-5-2/h7,9-10,12,16,18-19,21,23,25-27,30-33,35-36,38,40,43,45,47,50-51,54,56,59,70H,4-6,8,11,13-15,17,20,22,24,28-29,34,37,39,41-42,44,46,48-49,52-53,55,57-58,60-69H2,1-3H3/b10-7-,12-9-,19-16-,21-18-,26-23-,27-25-,32-30-,33-31-,36-35-,40-38-,45-43-,50-47-,54-51-,59-56-. The second kappa shape index (κ2) is 65.3. The molecule has 0 N–H and O–H groups in total. The zero-order valence-electron chi connectivity index (χ0n) is 50.6. The van der Waals surface area contributed by atoms with Gasteiger partial charge in [-0.3, -0.25) is 14.4 Å². The SMILES string of the molecule is CC/C=C\C/C=C\C/C=C\C/C=C\C/C=C\C/C=C\C/C=C\C/C=C\CCCCC(=O)OCC(COC(=O)CC/C=C\C/C=C\C/C=C\C/C=C\CC)OC(=O)CCCCCCCCCCC/C=C\C/C=C\CCCCCCC. The van der Waals surface area contributed by atoms with Gasteiger partial charge in [0.2, 0.25) is 0 Å². The van der Waals surface area contributed by atoms with Gasteiger partial charge in [-0.2, -0.15) is 0 Å². The number of allylic oxidation sites excluding steroid dienone is 28. The average Bonchev–Trinajstić information content (AvgIpc) is 3.45. The van der Waals surface area contributed by atoms with E-state index in [4.69, 9.17) is 14.2 Å². The van der Waals surface area contributed by atoms with Crippen molar-refractivity contribution in [1.82, 2.24) is 0 Å². The van der Waals surface area contributed by atoms with Crippen LogP contribution < -0.4 is 0 Å². The molecule has 0 fully saturated rings. The first-order valence-electron chi connectivity index (χ1n) is 31.6. The molecule has 0 saturated carbocycles. The molecule has 0 aromatic heterocycles. The largest absolute Gasteiger partial charge is 0.462 e. The van der Waals surface area contributed by atoms with Crippen molar-refractivity contribution in [3.63, 3.8) is 0 Å². The minimum Gasteiger partial charge on any atom is -0.462 e. The van der Waals surface area contributed by atoms with Crippen LogP contribution in [-0.4, -0.2) is 37.2 Å². The van der Waals surface area contributed by atoms with E-state index in [-0.39, 0.29) is 44.0 Å². The van der Waals surface area contributed by atoms with Crippen LogP contribution in [0.1, 0.15) is 252 Å². The molecule has 0 bridgehead atoms. The molecule has 0 rings (SSSR count). The van der Waals surface area contributed by atoms with E-state index in [2.05, 4.69) is 179 Å². The van der Waals surface area contributed by atoms with Gasteiger partial charge in [-0.1, -0.05) is 262 Å². The third-order valence-electron chi connectivity index (χ3n) is 12.7. The fraction of sp³-hybridized carbons (Fsp3) is 0.575. The lowest BCUT2D eigenvalue weighted by atomic mass is 10.1. The zero-order valence-corrected chi connectivity index (χ0v) is 50.6. The highest BCUT2D eigenvalue weighted by Crippen LogP contribution is 2.14. The molecule has 0 heterocycles. The lowest BCUT2D eigenvalue weighted by molar-refractivity contribution is -0.166. The maximum atomic E-state index is 12.9. The van der Waals surface area contributed by atoms with Crippen molar-refractivity contribution in [2.75, 3.05) is 13.2 Å². The second-order valence-corrected chi connectivity index (χ2v) is 20.2. The smallest absolute Gasteiger partial charge is 0.306 e. The van der Waals surface area contributed by atoms with E-state index in [0.717, 1.165) is 116 Å². The number of hydrogen-bond donors (Lipinski definition) is 0. The predicted molar refractivity (Wildman–Crippen MR) is 343 cm³/mol. The van der Waals surface area contributed by atoms with Crippen molar-refractivity contribution in [3.05, 3.63) is 170 Å². The van der Waals surface area contributed by atoms with Crippen molar-refractivity contribution in [2.45, 2.75) is 258 Å². The van der Waals surface area contributed by atoms with Crippen LogP contribution >= 0.6 is 0 Å². The molecule has 0 aromatic rings. The molecule has 0 spiro atoms. The molecule has 0 aliphatic heterocycles. The summed E-state index contributed by atoms with van der Waals surface area (Å²) in [6.45, 7) is 6.29. The molecule has 0 amide bonds. The van der Waals surface area contributed by atoms with Gasteiger partial charge in [-0.15, -0.1) is 0 Å². The summed E-state index contributed by atoms with van der Waals surface area (Å²) in [4.78, 5) is 38.2. The number of rotatable bonds is 55. The normalized spacial score (nSPS) is 13.3. The third-order valence-corrected chi connectivity index (χ3v) is 12.7. The Bertz CT molecular complexity index is 1820. The van der Waals surface area contributed by atoms with E-state index in [0.29, 0.717) is 19.3 Å². The van der Waals surface area contributed by atoms with Gasteiger partial charge in [0, 0.05) is 19.3 Å². The Morgan fingerprint density at radius 2 is 0.519 bits per heavy atom. The first-order chi connectivity index (χ1) is 39.0. The topological polar surface area (TPSA) is 78.9 Å². The van der Waals surface area contributed by atoms with E-state index in [9.17, 15) is 14.4 Å². The van der Waals surface area contributed by atoms with E-state index in [1.54, 1.807) is 0 Å². The molecule has 79 heavy (non-hydrogen) atoms. The van der Waals surface area contributed by atoms with Gasteiger partial charge in [0.1, 0.15) is 13.2 Å². The minimum absolute atomic E-state index is 0.132. The van der Waals surface area contributed by atoms with Gasteiger partial charge in [-0.25, -0.2) is 0 Å². The Labute approximate surface area is 485 Å². The molecular formula is C73H114O6. The van der Waals surface area contributed by atoms with Crippen LogP contribution in [0.15, 0.2) is 170 Å². The molecule has 6 heteroatoms. The van der Waals surface area contributed by atoms with Gasteiger partial charge in [-0.05, 0) is 141 Å². The van der Waals surface area contributed by atoms with Crippen LogP contribution in [0.4, 0.5) is 0 Å². The van der Waals surface area contributed by atoms with E-state index in [1.807, 2.05) is 12.2 Å². The van der Waals surface area contributed by atoms with Crippen molar-refractivity contribution in [3.8, 4) is 0 Å². The van der Waals surface area contributed by atoms with Crippen molar-refractivity contribution >= 4 is 17.9 Å². The Balaban J connectivity index is 4.50. The minimum atomic E-state index is -0.838. The number of esters is 3. The number of unbranched alkanes of at least 4 members (excludes halogenated alkanes) is 16. The van der Waals surface area contributed by atoms with Crippen LogP contribution in [0.3, 0.4) is 0 Å². The lowest BCUT2D eigenvalue weighted by Gasteiger charge is -2.18. The van der Waals surface area contributed by atoms with Crippen molar-refractivity contribution in [1.29, 1.82) is 0 Å². The summed E-state index contributed by atoms with van der Waals surface area (Å²) in [5, 5.41) is 0. The third kappa shape index (κ3) is 63.5. The highest BCUT2D eigenvalue weighted by molar-refractivity contribution is 5.71. The highest BCUT2D eigenvalue weighted by atomic mass is 16.6. The summed E-state index contributed by atoms with van der Waals surface area (Å²) < 4.78 is 16.8. The van der Waals surface area contributed by atoms with Crippen LogP contribution in [0.5, 0.6) is 0 Å².